The minimum absolute atomic E-state index is 0.0126. The summed E-state index contributed by atoms with van der Waals surface area (Å²) in [5, 5.41) is 21.0. The molecule has 0 spiro atoms. The molecule has 0 saturated heterocycles. The van der Waals surface area contributed by atoms with E-state index in [0.29, 0.717) is 4.47 Å². The Bertz CT molecular complexity index is 1360. The summed E-state index contributed by atoms with van der Waals surface area (Å²) < 4.78 is 31.4. The quantitative estimate of drug-likeness (QED) is 0.250. The van der Waals surface area contributed by atoms with Crippen LogP contribution < -0.4 is 9.50 Å². The predicted octanol–water partition coefficient (Wildman–Crippen LogP) is 5.05. The van der Waals surface area contributed by atoms with Gasteiger partial charge in [0.2, 0.25) is 5.13 Å². The first-order chi connectivity index (χ1) is 15.6. The van der Waals surface area contributed by atoms with E-state index in [4.69, 9.17) is 4.18 Å². The Balaban J connectivity index is 1.91. The summed E-state index contributed by atoms with van der Waals surface area (Å²) in [5.74, 6) is -0.579. The van der Waals surface area contributed by atoms with Crippen molar-refractivity contribution in [1.29, 1.82) is 5.26 Å². The van der Waals surface area contributed by atoms with Gasteiger partial charge < -0.3 is 4.18 Å². The van der Waals surface area contributed by atoms with E-state index in [2.05, 4.69) is 31.4 Å². The monoisotopic (exact) mass is 546 g/mol. The van der Waals surface area contributed by atoms with Gasteiger partial charge in [-0.05, 0) is 43.3 Å². The van der Waals surface area contributed by atoms with E-state index in [1.165, 1.54) is 35.6 Å². The Morgan fingerprint density at radius 3 is 2.52 bits per heavy atom. The molecule has 11 heteroatoms. The highest BCUT2D eigenvalue weighted by Gasteiger charge is 2.20. The highest BCUT2D eigenvalue weighted by atomic mass is 79.9. The number of hydrogen-bond donors (Lipinski definition) is 1. The third-order valence-electron chi connectivity index (χ3n) is 4.30. The summed E-state index contributed by atoms with van der Waals surface area (Å²) in [7, 11) is -4.13. The number of benzene rings is 2. The van der Waals surface area contributed by atoms with Crippen LogP contribution in [0.2, 0.25) is 0 Å². The minimum atomic E-state index is -4.13. The van der Waals surface area contributed by atoms with E-state index < -0.39 is 16.0 Å². The maximum absolute atomic E-state index is 12.7. The van der Waals surface area contributed by atoms with E-state index in [0.717, 1.165) is 10.6 Å². The molecule has 1 amide bonds. The van der Waals surface area contributed by atoms with Gasteiger partial charge in [-0.2, -0.15) is 13.7 Å². The van der Waals surface area contributed by atoms with E-state index in [-0.39, 0.29) is 32.8 Å². The molecule has 8 nitrogen and oxygen atoms in total. The summed E-state index contributed by atoms with van der Waals surface area (Å²) >= 11 is 4.53. The molecule has 33 heavy (non-hydrogen) atoms. The van der Waals surface area contributed by atoms with Crippen LogP contribution in [0.5, 0.6) is 5.75 Å². The van der Waals surface area contributed by atoms with Crippen molar-refractivity contribution in [3.05, 3.63) is 68.6 Å². The van der Waals surface area contributed by atoms with Crippen LogP contribution in [0.25, 0.3) is 6.08 Å². The zero-order valence-electron chi connectivity index (χ0n) is 17.9. The molecule has 3 aromatic rings. The average molecular weight is 547 g/mol. The van der Waals surface area contributed by atoms with Crippen molar-refractivity contribution in [2.45, 2.75) is 31.6 Å². The Labute approximate surface area is 204 Å². The van der Waals surface area contributed by atoms with Gasteiger partial charge in [0.25, 0.3) is 5.91 Å². The van der Waals surface area contributed by atoms with Gasteiger partial charge in [-0.1, -0.05) is 58.8 Å². The number of halogens is 1. The second-order valence-corrected chi connectivity index (χ2v) is 10.7. The number of carbonyl (C=O) groups is 1. The molecule has 0 aliphatic carbocycles. The van der Waals surface area contributed by atoms with Crippen LogP contribution in [-0.2, 0) is 14.9 Å². The number of nitrogens with one attached hydrogen (secondary N) is 1. The molecule has 2 aromatic carbocycles. The lowest BCUT2D eigenvalue weighted by molar-refractivity contribution is -0.112. The second-order valence-electron chi connectivity index (χ2n) is 7.26. The van der Waals surface area contributed by atoms with Crippen LogP contribution in [0.4, 0.5) is 5.13 Å². The highest BCUT2D eigenvalue weighted by molar-refractivity contribution is 9.10. The van der Waals surface area contributed by atoms with Gasteiger partial charge in [0.15, 0.2) is 0 Å². The van der Waals surface area contributed by atoms with E-state index in [9.17, 15) is 18.5 Å². The standard InChI is InChI=1S/C22H19BrN4O4S2/c1-13(2)21-26-27-22(32-21)25-20(28)16(12-24)10-15-11-17(23)6-9-19(15)31-33(29,30)18-7-4-14(3)5-8-18/h4-11,13H,1-3H3,(H,25,27,28)/b16-10-. The van der Waals surface area contributed by atoms with E-state index in [1.54, 1.807) is 24.3 Å². The molecule has 170 valence electrons. The molecule has 0 atom stereocenters. The maximum atomic E-state index is 12.7. The van der Waals surface area contributed by atoms with Crippen LogP contribution in [0.1, 0.15) is 35.9 Å². The van der Waals surface area contributed by atoms with Gasteiger partial charge in [0.05, 0.1) is 0 Å². The predicted molar refractivity (Wildman–Crippen MR) is 129 cm³/mol. The number of amides is 1. The molecule has 3 rings (SSSR count). The molecule has 0 bridgehead atoms. The topological polar surface area (TPSA) is 122 Å². The largest absolute Gasteiger partial charge is 0.378 e. The fourth-order valence-corrected chi connectivity index (χ4v) is 4.64. The Morgan fingerprint density at radius 1 is 1.21 bits per heavy atom. The highest BCUT2D eigenvalue weighted by Crippen LogP contribution is 2.29. The van der Waals surface area contributed by atoms with Crippen molar-refractivity contribution in [3.63, 3.8) is 0 Å². The van der Waals surface area contributed by atoms with Gasteiger partial charge in [-0.15, -0.1) is 10.2 Å². The molecule has 1 N–H and O–H groups in total. The number of rotatable bonds is 7. The van der Waals surface area contributed by atoms with Gasteiger partial charge in [-0.3, -0.25) is 10.1 Å². The number of hydrogen-bond acceptors (Lipinski definition) is 8. The van der Waals surface area contributed by atoms with Crippen molar-refractivity contribution in [2.75, 3.05) is 5.32 Å². The van der Waals surface area contributed by atoms with Gasteiger partial charge in [-0.25, -0.2) is 0 Å². The number of aryl methyl sites for hydroxylation is 1. The molecular formula is C22H19BrN4O4S2. The molecule has 0 saturated carbocycles. The number of nitrogens with zero attached hydrogens (tertiary/aromatic N) is 3. The Hall–Kier alpha value is -3.07. The van der Waals surface area contributed by atoms with Crippen LogP contribution in [0.3, 0.4) is 0 Å². The fraction of sp³-hybridized carbons (Fsp3) is 0.182. The molecule has 0 radical (unpaired) electrons. The SMILES string of the molecule is Cc1ccc(S(=O)(=O)Oc2ccc(Br)cc2/C=C(/C#N)C(=O)Nc2nnc(C(C)C)s2)cc1. The van der Waals surface area contributed by atoms with Crippen LogP contribution in [0, 0.1) is 18.3 Å². The molecule has 0 fully saturated rings. The smallest absolute Gasteiger partial charge is 0.339 e. The Kier molecular flexibility index (Phi) is 7.63. The van der Waals surface area contributed by atoms with Gasteiger partial charge in [0, 0.05) is 16.0 Å². The third kappa shape index (κ3) is 6.25. The van der Waals surface area contributed by atoms with E-state index >= 15 is 0 Å². The van der Waals surface area contributed by atoms with Crippen LogP contribution in [-0.4, -0.2) is 24.5 Å². The van der Waals surface area contributed by atoms with Crippen molar-refractivity contribution in [2.24, 2.45) is 0 Å². The summed E-state index contributed by atoms with van der Waals surface area (Å²) in [6.07, 6.45) is 1.25. The number of aromatic nitrogens is 2. The first-order valence-electron chi connectivity index (χ1n) is 9.66. The zero-order valence-corrected chi connectivity index (χ0v) is 21.1. The summed E-state index contributed by atoms with van der Waals surface area (Å²) in [6, 6.07) is 12.6. The lowest BCUT2D eigenvalue weighted by atomic mass is 10.1. The van der Waals surface area contributed by atoms with Crippen molar-refractivity contribution in [1.82, 2.24) is 10.2 Å². The summed E-state index contributed by atoms with van der Waals surface area (Å²) in [6.45, 7) is 5.74. The maximum Gasteiger partial charge on any atom is 0.339 e. The zero-order chi connectivity index (χ0) is 24.2. The minimum Gasteiger partial charge on any atom is -0.378 e. The summed E-state index contributed by atoms with van der Waals surface area (Å²) in [4.78, 5) is 12.6. The van der Waals surface area contributed by atoms with Crippen LogP contribution >= 0.6 is 27.3 Å². The molecule has 1 heterocycles. The van der Waals surface area contributed by atoms with Gasteiger partial charge in [0.1, 0.15) is 27.3 Å². The average Bonchev–Trinajstić information content (AvgIpc) is 3.22. The fourth-order valence-electron chi connectivity index (χ4n) is 2.57. The van der Waals surface area contributed by atoms with E-state index in [1.807, 2.05) is 26.8 Å². The van der Waals surface area contributed by atoms with Crippen molar-refractivity contribution in [3.8, 4) is 11.8 Å². The second kappa shape index (κ2) is 10.2. The number of carbonyl (C=O) groups excluding carboxylic acids is 1. The molecular weight excluding hydrogens is 528 g/mol. The molecule has 0 aliphatic heterocycles. The lowest BCUT2D eigenvalue weighted by Crippen LogP contribution is -2.14. The van der Waals surface area contributed by atoms with Crippen molar-refractivity contribution >= 4 is 54.5 Å². The normalized spacial score (nSPS) is 11.8. The number of anilines is 1. The lowest BCUT2D eigenvalue weighted by Gasteiger charge is -2.11. The third-order valence-corrected chi connectivity index (χ3v) is 7.18. The first kappa shape index (κ1) is 24.6. The molecule has 0 unspecified atom stereocenters. The molecule has 1 aromatic heterocycles. The number of nitriles is 1. The molecule has 0 aliphatic rings. The summed E-state index contributed by atoms with van der Waals surface area (Å²) in [5.41, 5.74) is 0.876. The van der Waals surface area contributed by atoms with Crippen LogP contribution in [0.15, 0.2) is 57.4 Å². The van der Waals surface area contributed by atoms with Crippen molar-refractivity contribution < 1.29 is 17.4 Å². The Morgan fingerprint density at radius 2 is 1.91 bits per heavy atom. The van der Waals surface area contributed by atoms with Gasteiger partial charge >= 0.3 is 10.1 Å². The first-order valence-corrected chi connectivity index (χ1v) is 12.7.